The Morgan fingerprint density at radius 2 is 1.75 bits per heavy atom. The molecule has 1 aromatic carbocycles. The standard InChI is InChI=1S/C15H10N2O6S/c18-13-9-3-1-2-4-10(9)14(19)16(13)7-8-23-15(20)11-5-6-12(24-11)17(21)22/h1-6H,7-8H2. The van der Waals surface area contributed by atoms with E-state index >= 15 is 0 Å². The van der Waals surface area contributed by atoms with Crippen molar-refractivity contribution in [1.82, 2.24) is 4.90 Å². The zero-order valence-electron chi connectivity index (χ0n) is 12.1. The Balaban J connectivity index is 1.59. The van der Waals surface area contributed by atoms with Crippen molar-refractivity contribution < 1.29 is 24.0 Å². The van der Waals surface area contributed by atoms with Crippen molar-refractivity contribution in [2.45, 2.75) is 0 Å². The van der Waals surface area contributed by atoms with Gasteiger partial charge < -0.3 is 4.74 Å². The monoisotopic (exact) mass is 346 g/mol. The highest BCUT2D eigenvalue weighted by Crippen LogP contribution is 2.25. The first-order valence-corrected chi connectivity index (χ1v) is 7.67. The molecule has 0 fully saturated rings. The van der Waals surface area contributed by atoms with E-state index in [1.54, 1.807) is 24.3 Å². The van der Waals surface area contributed by atoms with E-state index in [9.17, 15) is 24.5 Å². The molecule has 0 unspecified atom stereocenters. The molecular formula is C15H10N2O6S. The fourth-order valence-electron chi connectivity index (χ4n) is 2.28. The van der Waals surface area contributed by atoms with E-state index in [0.717, 1.165) is 4.90 Å². The number of fused-ring (bicyclic) bond motifs is 1. The van der Waals surface area contributed by atoms with Gasteiger partial charge in [0.15, 0.2) is 0 Å². The van der Waals surface area contributed by atoms with E-state index in [1.165, 1.54) is 12.1 Å². The Hall–Kier alpha value is -3.07. The minimum atomic E-state index is -0.732. The molecule has 1 aliphatic rings. The summed E-state index contributed by atoms with van der Waals surface area (Å²) in [5, 5.41) is 10.4. The molecule has 8 nitrogen and oxygen atoms in total. The summed E-state index contributed by atoms with van der Waals surface area (Å²) >= 11 is 0.702. The van der Waals surface area contributed by atoms with Crippen molar-refractivity contribution in [1.29, 1.82) is 0 Å². The molecule has 3 rings (SSSR count). The van der Waals surface area contributed by atoms with Crippen LogP contribution < -0.4 is 0 Å². The highest BCUT2D eigenvalue weighted by atomic mass is 32.1. The number of amides is 2. The van der Waals surface area contributed by atoms with Crippen LogP contribution in [0.25, 0.3) is 0 Å². The molecule has 1 aliphatic heterocycles. The van der Waals surface area contributed by atoms with Crippen LogP contribution in [0.1, 0.15) is 30.4 Å². The van der Waals surface area contributed by atoms with Gasteiger partial charge in [-0.15, -0.1) is 0 Å². The molecule has 0 aliphatic carbocycles. The number of hydrogen-bond acceptors (Lipinski definition) is 7. The first-order chi connectivity index (χ1) is 11.5. The highest BCUT2D eigenvalue weighted by molar-refractivity contribution is 7.17. The van der Waals surface area contributed by atoms with Gasteiger partial charge in [0, 0.05) is 6.07 Å². The summed E-state index contributed by atoms with van der Waals surface area (Å²) in [5.41, 5.74) is 0.644. The molecule has 2 aromatic rings. The van der Waals surface area contributed by atoms with Gasteiger partial charge in [-0.25, -0.2) is 4.79 Å². The first kappa shape index (κ1) is 15.8. The lowest BCUT2D eigenvalue weighted by Gasteiger charge is -2.13. The number of thiophene rings is 1. The van der Waals surface area contributed by atoms with Gasteiger partial charge in [0.2, 0.25) is 0 Å². The molecule has 2 heterocycles. The number of carbonyl (C=O) groups is 3. The minimum Gasteiger partial charge on any atom is -0.460 e. The Morgan fingerprint density at radius 3 is 2.29 bits per heavy atom. The van der Waals surface area contributed by atoms with Crippen LogP contribution in [0.4, 0.5) is 5.00 Å². The van der Waals surface area contributed by atoms with Crippen LogP contribution in [-0.4, -0.2) is 40.8 Å². The Morgan fingerprint density at radius 1 is 1.12 bits per heavy atom. The molecular weight excluding hydrogens is 336 g/mol. The molecule has 0 saturated carbocycles. The van der Waals surface area contributed by atoms with Crippen molar-refractivity contribution in [2.24, 2.45) is 0 Å². The van der Waals surface area contributed by atoms with E-state index in [4.69, 9.17) is 4.74 Å². The molecule has 2 amide bonds. The van der Waals surface area contributed by atoms with Crippen LogP contribution >= 0.6 is 11.3 Å². The third-order valence-corrected chi connectivity index (χ3v) is 4.42. The topological polar surface area (TPSA) is 107 Å². The number of nitrogens with zero attached hydrogens (tertiary/aromatic N) is 2. The quantitative estimate of drug-likeness (QED) is 0.355. The van der Waals surface area contributed by atoms with E-state index in [0.29, 0.717) is 22.5 Å². The largest absolute Gasteiger partial charge is 0.460 e. The summed E-state index contributed by atoms with van der Waals surface area (Å²) in [5.74, 6) is -1.60. The van der Waals surface area contributed by atoms with Crippen molar-refractivity contribution >= 4 is 34.1 Å². The van der Waals surface area contributed by atoms with Crippen LogP contribution in [0.3, 0.4) is 0 Å². The van der Waals surface area contributed by atoms with Crippen molar-refractivity contribution in [3.8, 4) is 0 Å². The van der Waals surface area contributed by atoms with Crippen LogP contribution in [0.2, 0.25) is 0 Å². The third kappa shape index (κ3) is 2.76. The molecule has 0 radical (unpaired) electrons. The van der Waals surface area contributed by atoms with Crippen LogP contribution in [-0.2, 0) is 4.74 Å². The molecule has 9 heteroatoms. The molecule has 0 N–H and O–H groups in total. The normalized spacial score (nSPS) is 13.1. The van der Waals surface area contributed by atoms with Crippen LogP contribution in [0.5, 0.6) is 0 Å². The maximum absolute atomic E-state index is 12.1. The smallest absolute Gasteiger partial charge is 0.348 e. The van der Waals surface area contributed by atoms with Crippen molar-refractivity contribution in [2.75, 3.05) is 13.2 Å². The van der Waals surface area contributed by atoms with Gasteiger partial charge in [-0.05, 0) is 18.2 Å². The van der Waals surface area contributed by atoms with Crippen molar-refractivity contribution in [3.63, 3.8) is 0 Å². The SMILES string of the molecule is O=C(OCCN1C(=O)c2ccccc2C1=O)c1ccc([N+](=O)[O-])s1. The predicted molar refractivity (Wildman–Crippen MR) is 83.1 cm³/mol. The maximum atomic E-state index is 12.1. The molecule has 0 atom stereocenters. The van der Waals surface area contributed by atoms with E-state index in [2.05, 4.69) is 0 Å². The number of imide groups is 1. The fourth-order valence-corrected chi connectivity index (χ4v) is 2.99. The number of esters is 1. The zero-order chi connectivity index (χ0) is 17.3. The lowest BCUT2D eigenvalue weighted by Crippen LogP contribution is -2.33. The van der Waals surface area contributed by atoms with Gasteiger partial charge in [-0.3, -0.25) is 24.6 Å². The molecule has 122 valence electrons. The number of hydrogen-bond donors (Lipinski definition) is 0. The first-order valence-electron chi connectivity index (χ1n) is 6.85. The zero-order valence-corrected chi connectivity index (χ0v) is 12.9. The second-order valence-corrected chi connectivity index (χ2v) is 5.90. The van der Waals surface area contributed by atoms with Gasteiger partial charge >= 0.3 is 11.0 Å². The number of nitro groups is 1. The number of rotatable bonds is 5. The van der Waals surface area contributed by atoms with Gasteiger partial charge in [-0.1, -0.05) is 23.5 Å². The van der Waals surface area contributed by atoms with Crippen LogP contribution in [0, 0.1) is 10.1 Å². The molecule has 0 bridgehead atoms. The average molecular weight is 346 g/mol. The Kier molecular flexibility index (Phi) is 4.09. The Bertz CT molecular complexity index is 824. The molecule has 24 heavy (non-hydrogen) atoms. The van der Waals surface area contributed by atoms with Gasteiger partial charge in [0.25, 0.3) is 11.8 Å². The van der Waals surface area contributed by atoms with E-state index in [1.807, 2.05) is 0 Å². The van der Waals surface area contributed by atoms with Gasteiger partial charge in [0.05, 0.1) is 22.6 Å². The highest BCUT2D eigenvalue weighted by Gasteiger charge is 2.34. The summed E-state index contributed by atoms with van der Waals surface area (Å²) in [6, 6.07) is 8.96. The number of carbonyl (C=O) groups excluding carboxylic acids is 3. The lowest BCUT2D eigenvalue weighted by molar-refractivity contribution is -0.380. The Labute approximate surface area is 139 Å². The summed E-state index contributed by atoms with van der Waals surface area (Å²) in [4.78, 5) is 47.1. The molecule has 0 saturated heterocycles. The number of ether oxygens (including phenoxy) is 1. The number of benzene rings is 1. The summed E-state index contributed by atoms with van der Waals surface area (Å²) in [6.07, 6.45) is 0. The third-order valence-electron chi connectivity index (χ3n) is 3.40. The van der Waals surface area contributed by atoms with Crippen LogP contribution in [0.15, 0.2) is 36.4 Å². The summed E-state index contributed by atoms with van der Waals surface area (Å²) in [6.45, 7) is -0.262. The average Bonchev–Trinajstić information content (AvgIpc) is 3.15. The van der Waals surface area contributed by atoms with Crippen molar-refractivity contribution in [3.05, 3.63) is 62.5 Å². The predicted octanol–water partition coefficient (Wildman–Crippen LogP) is 2.11. The van der Waals surface area contributed by atoms with Gasteiger partial charge in [0.1, 0.15) is 11.5 Å². The van der Waals surface area contributed by atoms with E-state index < -0.39 is 22.7 Å². The molecule has 0 spiro atoms. The van der Waals surface area contributed by atoms with Gasteiger partial charge in [-0.2, -0.15) is 0 Å². The van der Waals surface area contributed by atoms with E-state index in [-0.39, 0.29) is 23.0 Å². The molecule has 1 aromatic heterocycles. The second kappa shape index (κ2) is 6.20. The summed E-state index contributed by atoms with van der Waals surface area (Å²) in [7, 11) is 0. The second-order valence-electron chi connectivity index (χ2n) is 4.84. The minimum absolute atomic E-state index is 0.0778. The lowest BCUT2D eigenvalue weighted by atomic mass is 10.1. The summed E-state index contributed by atoms with van der Waals surface area (Å²) < 4.78 is 4.98. The fraction of sp³-hybridized carbons (Fsp3) is 0.133. The maximum Gasteiger partial charge on any atom is 0.348 e.